The van der Waals surface area contributed by atoms with Crippen LogP contribution in [0.2, 0.25) is 0 Å². The van der Waals surface area contributed by atoms with Crippen molar-refractivity contribution in [1.29, 1.82) is 0 Å². The molecule has 13 heavy (non-hydrogen) atoms. The zero-order chi connectivity index (χ0) is 9.10. The Balaban J connectivity index is 1.78. The molecule has 4 nitrogen and oxygen atoms in total. The van der Waals surface area contributed by atoms with Crippen LogP contribution in [0.15, 0.2) is 4.99 Å². The zero-order valence-electron chi connectivity index (χ0n) is 7.38. The molecule has 2 heterocycles. The van der Waals surface area contributed by atoms with Gasteiger partial charge in [0.1, 0.15) is 0 Å². The molecule has 2 rings (SSSR count). The molecule has 0 aromatic rings. The molecule has 0 saturated carbocycles. The first-order valence-electron chi connectivity index (χ1n) is 4.55. The predicted molar refractivity (Wildman–Crippen MR) is 53.9 cm³/mol. The average molecular weight is 199 g/mol. The Hall–Kier alpha value is -0.710. The van der Waals surface area contributed by atoms with Gasteiger partial charge in [-0.3, -0.25) is 9.79 Å². The van der Waals surface area contributed by atoms with E-state index in [-0.39, 0.29) is 5.91 Å². The lowest BCUT2D eigenvalue weighted by Crippen LogP contribution is -2.46. The second-order valence-electron chi connectivity index (χ2n) is 3.22. The summed E-state index contributed by atoms with van der Waals surface area (Å²) in [7, 11) is 0. The molecule has 0 radical (unpaired) electrons. The quantitative estimate of drug-likeness (QED) is 0.623. The first kappa shape index (κ1) is 8.87. The Labute approximate surface area is 81.6 Å². The van der Waals surface area contributed by atoms with Crippen LogP contribution in [0.5, 0.6) is 0 Å². The fraction of sp³-hybridized carbons (Fsp3) is 0.750. The highest BCUT2D eigenvalue weighted by molar-refractivity contribution is 8.14. The molecule has 5 heteroatoms. The Morgan fingerprint density at radius 3 is 3.15 bits per heavy atom. The zero-order valence-corrected chi connectivity index (χ0v) is 8.19. The van der Waals surface area contributed by atoms with Gasteiger partial charge in [0.25, 0.3) is 0 Å². The van der Waals surface area contributed by atoms with Crippen molar-refractivity contribution in [1.82, 2.24) is 10.6 Å². The van der Waals surface area contributed by atoms with Crippen molar-refractivity contribution in [3.05, 3.63) is 0 Å². The van der Waals surface area contributed by atoms with E-state index in [0.717, 1.165) is 30.4 Å². The normalized spacial score (nSPS) is 28.2. The van der Waals surface area contributed by atoms with Crippen molar-refractivity contribution in [3.8, 4) is 0 Å². The van der Waals surface area contributed by atoms with Crippen molar-refractivity contribution >= 4 is 22.8 Å². The second-order valence-corrected chi connectivity index (χ2v) is 4.30. The van der Waals surface area contributed by atoms with Gasteiger partial charge >= 0.3 is 0 Å². The Morgan fingerprint density at radius 2 is 2.54 bits per heavy atom. The number of rotatable bonds is 1. The highest BCUT2D eigenvalue weighted by Gasteiger charge is 2.19. The van der Waals surface area contributed by atoms with Gasteiger partial charge in [-0.15, -0.1) is 0 Å². The summed E-state index contributed by atoms with van der Waals surface area (Å²) in [5.74, 6) is 1.25. The summed E-state index contributed by atoms with van der Waals surface area (Å²) in [5, 5.41) is 7.22. The van der Waals surface area contributed by atoms with E-state index in [1.165, 1.54) is 0 Å². The van der Waals surface area contributed by atoms with E-state index < -0.39 is 0 Å². The smallest absolute Gasteiger partial charge is 0.220 e. The van der Waals surface area contributed by atoms with Crippen molar-refractivity contribution in [2.75, 3.05) is 18.8 Å². The van der Waals surface area contributed by atoms with E-state index in [1.807, 2.05) is 0 Å². The SMILES string of the molecule is O=C1CCC(NC2=NCCS2)CN1. The van der Waals surface area contributed by atoms with Crippen molar-refractivity contribution in [3.63, 3.8) is 0 Å². The lowest BCUT2D eigenvalue weighted by Gasteiger charge is -2.23. The second kappa shape index (κ2) is 4.00. The Morgan fingerprint density at radius 1 is 1.62 bits per heavy atom. The maximum Gasteiger partial charge on any atom is 0.220 e. The van der Waals surface area contributed by atoms with Gasteiger partial charge in [0.15, 0.2) is 5.17 Å². The molecule has 0 bridgehead atoms. The standard InChI is InChI=1S/C8H13N3OS/c12-7-2-1-6(5-10-7)11-8-9-3-4-13-8/h6H,1-5H2,(H,9,11)(H,10,12). The van der Waals surface area contributed by atoms with Crippen LogP contribution in [-0.4, -0.2) is 36.0 Å². The van der Waals surface area contributed by atoms with Gasteiger partial charge in [-0.2, -0.15) is 0 Å². The van der Waals surface area contributed by atoms with Crippen LogP contribution in [0.4, 0.5) is 0 Å². The van der Waals surface area contributed by atoms with Gasteiger partial charge in [0, 0.05) is 24.8 Å². The molecule has 0 aliphatic carbocycles. The van der Waals surface area contributed by atoms with Crippen LogP contribution in [0.1, 0.15) is 12.8 Å². The van der Waals surface area contributed by atoms with Gasteiger partial charge in [-0.05, 0) is 6.42 Å². The van der Waals surface area contributed by atoms with Crippen molar-refractivity contribution in [2.24, 2.45) is 4.99 Å². The molecule has 72 valence electrons. The van der Waals surface area contributed by atoms with E-state index in [1.54, 1.807) is 11.8 Å². The number of nitrogens with one attached hydrogen (secondary N) is 2. The number of aliphatic imine (C=N–C) groups is 1. The van der Waals surface area contributed by atoms with Crippen LogP contribution in [0.3, 0.4) is 0 Å². The highest BCUT2D eigenvalue weighted by Crippen LogP contribution is 2.11. The average Bonchev–Trinajstić information content (AvgIpc) is 2.62. The first-order valence-corrected chi connectivity index (χ1v) is 5.53. The third-order valence-electron chi connectivity index (χ3n) is 2.18. The molecule has 2 aliphatic heterocycles. The van der Waals surface area contributed by atoms with E-state index in [0.29, 0.717) is 12.5 Å². The molecule has 1 atom stereocenters. The lowest BCUT2D eigenvalue weighted by atomic mass is 10.1. The first-order chi connectivity index (χ1) is 6.34. The van der Waals surface area contributed by atoms with E-state index in [4.69, 9.17) is 0 Å². The van der Waals surface area contributed by atoms with Crippen LogP contribution < -0.4 is 10.6 Å². The number of hydrogen-bond donors (Lipinski definition) is 2. The number of amides is 1. The molecule has 1 fully saturated rings. The van der Waals surface area contributed by atoms with Crippen molar-refractivity contribution < 1.29 is 4.79 Å². The van der Waals surface area contributed by atoms with Crippen LogP contribution in [-0.2, 0) is 4.79 Å². The molecular weight excluding hydrogens is 186 g/mol. The van der Waals surface area contributed by atoms with Gasteiger partial charge in [0.05, 0.1) is 6.54 Å². The van der Waals surface area contributed by atoms with Crippen molar-refractivity contribution in [2.45, 2.75) is 18.9 Å². The molecule has 1 saturated heterocycles. The minimum Gasteiger partial charge on any atom is -0.360 e. The summed E-state index contributed by atoms with van der Waals surface area (Å²) in [4.78, 5) is 15.2. The number of amidine groups is 1. The molecule has 1 amide bonds. The third kappa shape index (κ3) is 2.37. The highest BCUT2D eigenvalue weighted by atomic mass is 32.2. The summed E-state index contributed by atoms with van der Waals surface area (Å²) in [5.41, 5.74) is 0. The number of carbonyl (C=O) groups excluding carboxylic acids is 1. The minimum atomic E-state index is 0.166. The van der Waals surface area contributed by atoms with E-state index in [9.17, 15) is 4.79 Å². The summed E-state index contributed by atoms with van der Waals surface area (Å²) in [6, 6.07) is 0.377. The molecular formula is C8H13N3OS. The van der Waals surface area contributed by atoms with E-state index >= 15 is 0 Å². The molecule has 0 aromatic carbocycles. The van der Waals surface area contributed by atoms with Gasteiger partial charge in [-0.25, -0.2) is 0 Å². The number of hydrogen-bond acceptors (Lipinski definition) is 4. The Bertz CT molecular complexity index is 232. The summed E-state index contributed by atoms with van der Waals surface area (Å²) < 4.78 is 0. The number of nitrogens with zero attached hydrogens (tertiary/aromatic N) is 1. The van der Waals surface area contributed by atoms with Crippen LogP contribution >= 0.6 is 11.8 Å². The summed E-state index contributed by atoms with van der Waals surface area (Å²) in [6.45, 7) is 1.66. The Kier molecular flexibility index (Phi) is 2.73. The third-order valence-corrected chi connectivity index (χ3v) is 3.09. The molecule has 1 unspecified atom stereocenters. The number of piperidine rings is 1. The minimum absolute atomic E-state index is 0.166. The number of carbonyl (C=O) groups is 1. The van der Waals surface area contributed by atoms with Gasteiger partial charge < -0.3 is 10.6 Å². The molecule has 2 aliphatic rings. The lowest BCUT2D eigenvalue weighted by molar-refractivity contribution is -0.122. The summed E-state index contributed by atoms with van der Waals surface area (Å²) in [6.07, 6.45) is 1.56. The predicted octanol–water partition coefficient (Wildman–Crippen LogP) is -0.0426. The molecule has 0 spiro atoms. The fourth-order valence-corrected chi connectivity index (χ4v) is 2.26. The topological polar surface area (TPSA) is 53.5 Å². The largest absolute Gasteiger partial charge is 0.360 e. The van der Waals surface area contributed by atoms with Gasteiger partial charge in [-0.1, -0.05) is 11.8 Å². The monoisotopic (exact) mass is 199 g/mol. The molecule has 0 aromatic heterocycles. The van der Waals surface area contributed by atoms with Crippen LogP contribution in [0.25, 0.3) is 0 Å². The molecule has 2 N–H and O–H groups in total. The van der Waals surface area contributed by atoms with E-state index in [2.05, 4.69) is 15.6 Å². The fourth-order valence-electron chi connectivity index (χ4n) is 1.45. The number of thioether (sulfide) groups is 1. The maximum absolute atomic E-state index is 10.9. The van der Waals surface area contributed by atoms with Gasteiger partial charge in [0.2, 0.25) is 5.91 Å². The maximum atomic E-state index is 10.9. The van der Waals surface area contributed by atoms with Crippen LogP contribution in [0, 0.1) is 0 Å². The summed E-state index contributed by atoms with van der Waals surface area (Å²) >= 11 is 1.76.